The predicted octanol–water partition coefficient (Wildman–Crippen LogP) is 3.96. The molecule has 0 aromatic heterocycles. The minimum atomic E-state index is -2.08. The van der Waals surface area contributed by atoms with Gasteiger partial charge in [0.1, 0.15) is 0 Å². The number of carbonyl (C=O) groups is 2. The van der Waals surface area contributed by atoms with Crippen molar-refractivity contribution in [3.05, 3.63) is 82.9 Å². The van der Waals surface area contributed by atoms with Crippen LogP contribution in [0.4, 0.5) is 17.6 Å². The number of halogens is 4. The minimum absolute atomic E-state index is 0.158. The van der Waals surface area contributed by atoms with Gasteiger partial charge in [0, 0.05) is 12.6 Å². The van der Waals surface area contributed by atoms with Crippen molar-refractivity contribution in [2.75, 3.05) is 7.05 Å². The van der Waals surface area contributed by atoms with Crippen molar-refractivity contribution in [2.45, 2.75) is 19.0 Å². The zero-order valence-corrected chi connectivity index (χ0v) is 14.8. The van der Waals surface area contributed by atoms with Crippen LogP contribution in [0.1, 0.15) is 22.3 Å². The van der Waals surface area contributed by atoms with E-state index in [-0.39, 0.29) is 13.0 Å². The molecule has 1 atom stereocenters. The van der Waals surface area contributed by atoms with Gasteiger partial charge in [-0.1, -0.05) is 36.4 Å². The molecule has 2 rings (SSSR count). The number of benzene rings is 2. The van der Waals surface area contributed by atoms with Gasteiger partial charge in [-0.05, 0) is 25.1 Å². The molecule has 0 fully saturated rings. The SMILES string of the molecule is CN(Cc1ccccc1)C(CC=CC(=O)O)C(=O)c1cc(F)c(F)c(F)c1F. The number of hydrogen-bond acceptors (Lipinski definition) is 3. The first-order valence-corrected chi connectivity index (χ1v) is 8.23. The molecule has 0 aliphatic rings. The third-order valence-corrected chi connectivity index (χ3v) is 4.10. The molecule has 0 radical (unpaired) electrons. The average molecular weight is 395 g/mol. The molecule has 0 saturated heterocycles. The Bertz CT molecular complexity index is 900. The smallest absolute Gasteiger partial charge is 0.327 e. The van der Waals surface area contributed by atoms with Gasteiger partial charge in [-0.15, -0.1) is 0 Å². The lowest BCUT2D eigenvalue weighted by molar-refractivity contribution is -0.131. The Morgan fingerprint density at radius 1 is 1.07 bits per heavy atom. The molecular weight excluding hydrogens is 378 g/mol. The van der Waals surface area contributed by atoms with Crippen LogP contribution >= 0.6 is 0 Å². The van der Waals surface area contributed by atoms with Gasteiger partial charge in [0.25, 0.3) is 0 Å². The van der Waals surface area contributed by atoms with Gasteiger partial charge in [0.2, 0.25) is 0 Å². The fraction of sp³-hybridized carbons (Fsp3) is 0.200. The van der Waals surface area contributed by atoms with E-state index < -0.39 is 46.6 Å². The van der Waals surface area contributed by atoms with Crippen LogP contribution in [0.15, 0.2) is 48.6 Å². The molecular formula is C20H17F4NO3. The Balaban J connectivity index is 2.37. The standard InChI is InChI=1S/C20H17F4NO3/c1-25(11-12-6-3-2-4-7-12)15(8-5-9-16(26)27)20(28)13-10-14(21)18(23)19(24)17(13)22/h2-7,9-10,15H,8,11H2,1H3,(H,26,27). The number of aliphatic carboxylic acids is 1. The first-order valence-electron chi connectivity index (χ1n) is 8.23. The maximum Gasteiger partial charge on any atom is 0.327 e. The topological polar surface area (TPSA) is 57.6 Å². The molecule has 4 nitrogen and oxygen atoms in total. The van der Waals surface area contributed by atoms with E-state index in [1.54, 1.807) is 30.3 Å². The Labute approximate surface area is 158 Å². The Morgan fingerprint density at radius 3 is 2.32 bits per heavy atom. The van der Waals surface area contributed by atoms with E-state index in [2.05, 4.69) is 0 Å². The van der Waals surface area contributed by atoms with Crippen molar-refractivity contribution in [1.29, 1.82) is 0 Å². The summed E-state index contributed by atoms with van der Waals surface area (Å²) in [5, 5.41) is 8.72. The van der Waals surface area contributed by atoms with Crippen molar-refractivity contribution in [3.8, 4) is 0 Å². The highest BCUT2D eigenvalue weighted by atomic mass is 19.2. The largest absolute Gasteiger partial charge is 0.478 e. The zero-order valence-electron chi connectivity index (χ0n) is 14.8. The van der Waals surface area contributed by atoms with Crippen molar-refractivity contribution < 1.29 is 32.3 Å². The molecule has 8 heteroatoms. The van der Waals surface area contributed by atoms with Crippen molar-refractivity contribution in [1.82, 2.24) is 4.90 Å². The molecule has 0 aliphatic heterocycles. The van der Waals surface area contributed by atoms with Gasteiger partial charge in [-0.2, -0.15) is 0 Å². The number of ketones is 1. The first-order chi connectivity index (χ1) is 13.2. The van der Waals surface area contributed by atoms with Gasteiger partial charge >= 0.3 is 5.97 Å². The molecule has 148 valence electrons. The molecule has 1 N–H and O–H groups in total. The molecule has 0 saturated carbocycles. The van der Waals surface area contributed by atoms with Crippen LogP contribution in [0.3, 0.4) is 0 Å². The van der Waals surface area contributed by atoms with E-state index in [1.807, 2.05) is 0 Å². The van der Waals surface area contributed by atoms with Gasteiger partial charge in [-0.3, -0.25) is 9.69 Å². The maximum absolute atomic E-state index is 14.1. The van der Waals surface area contributed by atoms with Crippen LogP contribution in [0.5, 0.6) is 0 Å². The van der Waals surface area contributed by atoms with Crippen molar-refractivity contribution >= 4 is 11.8 Å². The average Bonchev–Trinajstić information content (AvgIpc) is 2.66. The number of carbonyl (C=O) groups excluding carboxylic acids is 1. The summed E-state index contributed by atoms with van der Waals surface area (Å²) in [4.78, 5) is 24.9. The summed E-state index contributed by atoms with van der Waals surface area (Å²) in [5.41, 5.74) is -0.132. The number of carboxylic acids is 1. The van der Waals surface area contributed by atoms with E-state index in [0.717, 1.165) is 11.6 Å². The van der Waals surface area contributed by atoms with E-state index in [1.165, 1.54) is 18.0 Å². The fourth-order valence-electron chi connectivity index (χ4n) is 2.70. The highest BCUT2D eigenvalue weighted by Gasteiger charge is 2.29. The highest BCUT2D eigenvalue weighted by molar-refractivity contribution is 6.00. The van der Waals surface area contributed by atoms with E-state index in [9.17, 15) is 27.2 Å². The van der Waals surface area contributed by atoms with E-state index in [4.69, 9.17) is 5.11 Å². The maximum atomic E-state index is 14.1. The second kappa shape index (κ2) is 9.27. The lowest BCUT2D eigenvalue weighted by Crippen LogP contribution is -2.38. The second-order valence-electron chi connectivity index (χ2n) is 6.10. The first kappa shape index (κ1) is 21.3. The second-order valence-corrected chi connectivity index (χ2v) is 6.10. The Kier molecular flexibility index (Phi) is 7.06. The summed E-state index contributed by atoms with van der Waals surface area (Å²) >= 11 is 0. The number of carboxylic acid groups (broad SMARTS) is 1. The Hall–Kier alpha value is -3.00. The molecule has 0 heterocycles. The van der Waals surface area contributed by atoms with Gasteiger partial charge < -0.3 is 5.11 Å². The summed E-state index contributed by atoms with van der Waals surface area (Å²) in [6, 6.07) is 8.08. The quantitative estimate of drug-likeness (QED) is 0.242. The Morgan fingerprint density at radius 2 is 1.71 bits per heavy atom. The van der Waals surface area contributed by atoms with Gasteiger partial charge in [-0.25, -0.2) is 22.4 Å². The summed E-state index contributed by atoms with van der Waals surface area (Å²) in [6.45, 7) is 0.228. The van der Waals surface area contributed by atoms with E-state index >= 15 is 0 Å². The van der Waals surface area contributed by atoms with Crippen LogP contribution in [-0.4, -0.2) is 34.8 Å². The third-order valence-electron chi connectivity index (χ3n) is 4.10. The summed E-state index contributed by atoms with van der Waals surface area (Å²) < 4.78 is 54.3. The fourth-order valence-corrected chi connectivity index (χ4v) is 2.70. The van der Waals surface area contributed by atoms with Crippen LogP contribution in [0, 0.1) is 23.3 Å². The monoisotopic (exact) mass is 395 g/mol. The number of nitrogens with zero attached hydrogens (tertiary/aromatic N) is 1. The minimum Gasteiger partial charge on any atom is -0.478 e. The molecule has 2 aromatic carbocycles. The lowest BCUT2D eigenvalue weighted by Gasteiger charge is -2.26. The molecule has 0 spiro atoms. The molecule has 0 bridgehead atoms. The molecule has 0 aliphatic carbocycles. The molecule has 28 heavy (non-hydrogen) atoms. The lowest BCUT2D eigenvalue weighted by atomic mass is 9.98. The van der Waals surface area contributed by atoms with Crippen LogP contribution in [0.25, 0.3) is 0 Å². The van der Waals surface area contributed by atoms with Crippen molar-refractivity contribution in [2.24, 2.45) is 0 Å². The van der Waals surface area contributed by atoms with Gasteiger partial charge in [0.15, 0.2) is 29.1 Å². The number of rotatable bonds is 8. The number of likely N-dealkylation sites (N-methyl/N-ethyl adjacent to an activating group) is 1. The van der Waals surface area contributed by atoms with E-state index in [0.29, 0.717) is 6.07 Å². The number of hydrogen-bond donors (Lipinski definition) is 1. The normalized spacial score (nSPS) is 12.5. The van der Waals surface area contributed by atoms with Crippen LogP contribution in [0.2, 0.25) is 0 Å². The van der Waals surface area contributed by atoms with Crippen LogP contribution < -0.4 is 0 Å². The highest BCUT2D eigenvalue weighted by Crippen LogP contribution is 2.22. The third kappa shape index (κ3) is 5.04. The van der Waals surface area contributed by atoms with Crippen LogP contribution in [-0.2, 0) is 11.3 Å². The van der Waals surface area contributed by atoms with Gasteiger partial charge in [0.05, 0.1) is 11.6 Å². The molecule has 2 aromatic rings. The van der Waals surface area contributed by atoms with Crippen molar-refractivity contribution in [3.63, 3.8) is 0 Å². The molecule has 0 amide bonds. The number of Topliss-reactive ketones (excluding diaryl/α,β-unsaturated/α-hetero) is 1. The predicted molar refractivity (Wildman–Crippen MR) is 93.7 cm³/mol. The molecule has 1 unspecified atom stereocenters. The zero-order chi connectivity index (χ0) is 20.8. The summed E-state index contributed by atoms with van der Waals surface area (Å²) in [5.74, 6) is -9.80. The summed E-state index contributed by atoms with van der Waals surface area (Å²) in [6.07, 6.45) is 1.83. The summed E-state index contributed by atoms with van der Waals surface area (Å²) in [7, 11) is 1.53.